The van der Waals surface area contributed by atoms with Gasteiger partial charge in [-0.1, -0.05) is 48.0 Å². The Morgan fingerprint density at radius 1 is 1.00 bits per heavy atom. The van der Waals surface area contributed by atoms with Crippen molar-refractivity contribution in [3.05, 3.63) is 76.0 Å². The van der Waals surface area contributed by atoms with Gasteiger partial charge in [-0.3, -0.25) is 4.79 Å². The number of aryl methyl sites for hydroxylation is 3. The third kappa shape index (κ3) is 2.97. The van der Waals surface area contributed by atoms with E-state index in [0.29, 0.717) is 5.56 Å². The van der Waals surface area contributed by atoms with Gasteiger partial charge >= 0.3 is 0 Å². The summed E-state index contributed by atoms with van der Waals surface area (Å²) in [6, 6.07) is 13.2. The van der Waals surface area contributed by atoms with Gasteiger partial charge in [0.1, 0.15) is 0 Å². The SMILES string of the molecule is Cc1cc(C)c(C(=O)/C(O)=C/c2ccccc2)c(C)c1. The molecule has 2 rings (SSSR count). The maximum atomic E-state index is 12.4. The average Bonchev–Trinajstić information content (AvgIpc) is 2.38. The maximum Gasteiger partial charge on any atom is 0.227 e. The van der Waals surface area contributed by atoms with Crippen LogP contribution >= 0.6 is 0 Å². The molecule has 2 aromatic carbocycles. The number of allylic oxidation sites excluding steroid dienone is 1. The van der Waals surface area contributed by atoms with E-state index in [1.54, 1.807) is 0 Å². The third-order valence-electron chi connectivity index (χ3n) is 3.24. The number of aliphatic hydroxyl groups excluding tert-OH is 1. The van der Waals surface area contributed by atoms with Crippen molar-refractivity contribution in [1.29, 1.82) is 0 Å². The van der Waals surface area contributed by atoms with Crippen molar-refractivity contribution in [2.24, 2.45) is 0 Å². The van der Waals surface area contributed by atoms with E-state index in [0.717, 1.165) is 22.3 Å². The van der Waals surface area contributed by atoms with Gasteiger partial charge in [-0.05, 0) is 43.5 Å². The normalized spacial score (nSPS) is 11.4. The minimum absolute atomic E-state index is 0.230. The molecule has 0 heterocycles. The zero-order valence-corrected chi connectivity index (χ0v) is 12.0. The highest BCUT2D eigenvalue weighted by atomic mass is 16.3. The van der Waals surface area contributed by atoms with Crippen LogP contribution in [0.5, 0.6) is 0 Å². The van der Waals surface area contributed by atoms with E-state index in [1.807, 2.05) is 63.2 Å². The van der Waals surface area contributed by atoms with Gasteiger partial charge in [0.05, 0.1) is 0 Å². The van der Waals surface area contributed by atoms with Gasteiger partial charge in [0.2, 0.25) is 5.78 Å². The molecule has 0 aliphatic rings. The average molecular weight is 266 g/mol. The number of benzene rings is 2. The summed E-state index contributed by atoms with van der Waals surface area (Å²) >= 11 is 0. The summed E-state index contributed by atoms with van der Waals surface area (Å²) in [5, 5.41) is 10.1. The monoisotopic (exact) mass is 266 g/mol. The Balaban J connectivity index is 2.40. The lowest BCUT2D eigenvalue weighted by Crippen LogP contribution is -2.08. The molecule has 20 heavy (non-hydrogen) atoms. The number of carbonyl (C=O) groups excluding carboxylic acids is 1. The van der Waals surface area contributed by atoms with Crippen molar-refractivity contribution in [3.8, 4) is 0 Å². The zero-order chi connectivity index (χ0) is 14.7. The molecule has 0 unspecified atom stereocenters. The van der Waals surface area contributed by atoms with Gasteiger partial charge in [0.15, 0.2) is 5.76 Å². The minimum atomic E-state index is -0.330. The van der Waals surface area contributed by atoms with Gasteiger partial charge in [-0.2, -0.15) is 0 Å². The van der Waals surface area contributed by atoms with Crippen LogP contribution in [0, 0.1) is 20.8 Å². The molecule has 0 aliphatic carbocycles. The lowest BCUT2D eigenvalue weighted by molar-refractivity contribution is 0.0979. The van der Waals surface area contributed by atoms with Crippen molar-refractivity contribution >= 4 is 11.9 Å². The Kier molecular flexibility index (Phi) is 4.04. The highest BCUT2D eigenvalue weighted by Gasteiger charge is 2.16. The van der Waals surface area contributed by atoms with Crippen molar-refractivity contribution in [3.63, 3.8) is 0 Å². The van der Waals surface area contributed by atoms with Gasteiger partial charge in [-0.25, -0.2) is 0 Å². The van der Waals surface area contributed by atoms with Crippen LogP contribution in [0.15, 0.2) is 48.2 Å². The fraction of sp³-hybridized carbons (Fsp3) is 0.167. The molecule has 0 saturated heterocycles. The quantitative estimate of drug-likeness (QED) is 0.508. The standard InChI is InChI=1S/C18H18O2/c1-12-9-13(2)17(14(3)10-12)18(20)16(19)11-15-7-5-4-6-8-15/h4-11,19H,1-3H3/b16-11-. The number of aliphatic hydroxyl groups is 1. The summed E-state index contributed by atoms with van der Waals surface area (Å²) in [5.74, 6) is -0.560. The molecule has 2 aromatic rings. The van der Waals surface area contributed by atoms with Gasteiger partial charge in [0, 0.05) is 5.56 Å². The Labute approximate surface area is 119 Å². The number of ketones is 1. The summed E-state index contributed by atoms with van der Waals surface area (Å²) in [6.45, 7) is 5.78. The maximum absolute atomic E-state index is 12.4. The van der Waals surface area contributed by atoms with E-state index >= 15 is 0 Å². The molecule has 0 radical (unpaired) electrons. The molecule has 0 atom stereocenters. The first-order valence-electron chi connectivity index (χ1n) is 6.57. The summed E-state index contributed by atoms with van der Waals surface area (Å²) in [7, 11) is 0. The molecular weight excluding hydrogens is 248 g/mol. The summed E-state index contributed by atoms with van der Waals surface area (Å²) < 4.78 is 0. The number of Topliss-reactive ketones (excluding diaryl/α,β-unsaturated/α-hetero) is 1. The van der Waals surface area contributed by atoms with E-state index in [4.69, 9.17) is 0 Å². The van der Waals surface area contributed by atoms with Crippen LogP contribution in [-0.4, -0.2) is 10.9 Å². The van der Waals surface area contributed by atoms with Crippen molar-refractivity contribution in [2.45, 2.75) is 20.8 Å². The Bertz CT molecular complexity index is 644. The molecule has 0 aliphatic heterocycles. The molecule has 0 bridgehead atoms. The predicted molar refractivity (Wildman–Crippen MR) is 82.0 cm³/mol. The second kappa shape index (κ2) is 5.74. The summed E-state index contributed by atoms with van der Waals surface area (Å²) in [6.07, 6.45) is 1.50. The van der Waals surface area contributed by atoms with Crippen LogP contribution in [0.2, 0.25) is 0 Å². The second-order valence-corrected chi connectivity index (χ2v) is 5.04. The van der Waals surface area contributed by atoms with Crippen molar-refractivity contribution in [1.82, 2.24) is 0 Å². The predicted octanol–water partition coefficient (Wildman–Crippen LogP) is 4.39. The molecule has 0 fully saturated rings. The second-order valence-electron chi connectivity index (χ2n) is 5.04. The summed E-state index contributed by atoms with van der Waals surface area (Å²) in [5.41, 5.74) is 4.28. The molecule has 2 heteroatoms. The zero-order valence-electron chi connectivity index (χ0n) is 12.0. The molecule has 0 saturated carbocycles. The first-order chi connectivity index (χ1) is 9.49. The minimum Gasteiger partial charge on any atom is -0.504 e. The lowest BCUT2D eigenvalue weighted by Gasteiger charge is -2.10. The van der Waals surface area contributed by atoms with E-state index in [2.05, 4.69) is 0 Å². The van der Waals surface area contributed by atoms with E-state index in [1.165, 1.54) is 6.08 Å². The largest absolute Gasteiger partial charge is 0.504 e. The number of hydrogen-bond donors (Lipinski definition) is 1. The molecule has 0 spiro atoms. The summed E-state index contributed by atoms with van der Waals surface area (Å²) in [4.78, 5) is 12.4. The van der Waals surface area contributed by atoms with E-state index in [-0.39, 0.29) is 11.5 Å². The van der Waals surface area contributed by atoms with E-state index < -0.39 is 0 Å². The van der Waals surface area contributed by atoms with Gasteiger partial charge in [0.25, 0.3) is 0 Å². The highest BCUT2D eigenvalue weighted by Crippen LogP contribution is 2.20. The van der Waals surface area contributed by atoms with Crippen molar-refractivity contribution in [2.75, 3.05) is 0 Å². The number of rotatable bonds is 3. The van der Waals surface area contributed by atoms with Crippen LogP contribution in [0.25, 0.3) is 6.08 Å². The fourth-order valence-corrected chi connectivity index (χ4v) is 2.44. The topological polar surface area (TPSA) is 37.3 Å². The Morgan fingerprint density at radius 3 is 2.10 bits per heavy atom. The van der Waals surface area contributed by atoms with Crippen LogP contribution in [0.4, 0.5) is 0 Å². The molecule has 102 valence electrons. The fourth-order valence-electron chi connectivity index (χ4n) is 2.44. The van der Waals surface area contributed by atoms with Crippen LogP contribution in [0.1, 0.15) is 32.6 Å². The molecule has 0 aromatic heterocycles. The third-order valence-corrected chi connectivity index (χ3v) is 3.24. The van der Waals surface area contributed by atoms with Gasteiger partial charge < -0.3 is 5.11 Å². The van der Waals surface area contributed by atoms with Crippen LogP contribution in [0.3, 0.4) is 0 Å². The van der Waals surface area contributed by atoms with E-state index in [9.17, 15) is 9.90 Å². The lowest BCUT2D eigenvalue weighted by atomic mass is 9.95. The smallest absolute Gasteiger partial charge is 0.227 e. The molecule has 1 N–H and O–H groups in total. The highest BCUT2D eigenvalue weighted by molar-refractivity contribution is 6.11. The number of carbonyl (C=O) groups is 1. The van der Waals surface area contributed by atoms with Crippen LogP contribution in [-0.2, 0) is 0 Å². The van der Waals surface area contributed by atoms with Crippen LogP contribution < -0.4 is 0 Å². The molecule has 2 nitrogen and oxygen atoms in total. The first kappa shape index (κ1) is 14.1. The van der Waals surface area contributed by atoms with Gasteiger partial charge in [-0.15, -0.1) is 0 Å². The molecule has 0 amide bonds. The van der Waals surface area contributed by atoms with Crippen molar-refractivity contribution < 1.29 is 9.90 Å². The Hall–Kier alpha value is -2.35. The number of hydrogen-bond acceptors (Lipinski definition) is 2. The first-order valence-corrected chi connectivity index (χ1v) is 6.57. The molecular formula is C18H18O2. The Morgan fingerprint density at radius 2 is 1.55 bits per heavy atom.